The van der Waals surface area contributed by atoms with Crippen molar-refractivity contribution in [3.63, 3.8) is 0 Å². The number of carbonyl (C=O) groups excluding carboxylic acids is 1. The van der Waals surface area contributed by atoms with Gasteiger partial charge in [-0.2, -0.15) is 0 Å². The Morgan fingerprint density at radius 1 is 1.11 bits per heavy atom. The lowest BCUT2D eigenvalue weighted by atomic mass is 9.71. The van der Waals surface area contributed by atoms with E-state index in [9.17, 15) is 4.79 Å². The lowest BCUT2D eigenvalue weighted by Crippen LogP contribution is -2.42. The number of pyridine rings is 1. The van der Waals surface area contributed by atoms with E-state index in [0.717, 1.165) is 17.5 Å². The standard InChI is InChI=1S/C16H18N2O/c1-2-10-16(15(17)19,13-6-4-3-5-7-13)14-8-11-18-12-9-14/h3-9,11-12H,2,10H2,1H3,(H2,17,19). The van der Waals surface area contributed by atoms with Crippen molar-refractivity contribution in [1.82, 2.24) is 4.98 Å². The van der Waals surface area contributed by atoms with Gasteiger partial charge in [0.05, 0.1) is 5.41 Å². The van der Waals surface area contributed by atoms with Gasteiger partial charge < -0.3 is 5.73 Å². The number of hydrogen-bond donors (Lipinski definition) is 1. The number of hydrogen-bond acceptors (Lipinski definition) is 2. The minimum absolute atomic E-state index is 0.313. The summed E-state index contributed by atoms with van der Waals surface area (Å²) >= 11 is 0. The fourth-order valence-corrected chi connectivity index (χ4v) is 2.60. The molecule has 3 nitrogen and oxygen atoms in total. The predicted octanol–water partition coefficient (Wildman–Crippen LogP) is 2.65. The van der Waals surface area contributed by atoms with Gasteiger partial charge in [0, 0.05) is 12.4 Å². The highest BCUT2D eigenvalue weighted by molar-refractivity contribution is 5.90. The van der Waals surface area contributed by atoms with E-state index in [2.05, 4.69) is 11.9 Å². The first-order valence-electron chi connectivity index (χ1n) is 6.47. The lowest BCUT2D eigenvalue weighted by molar-refractivity contribution is -0.122. The maximum Gasteiger partial charge on any atom is 0.232 e. The number of nitrogens with two attached hydrogens (primary N) is 1. The van der Waals surface area contributed by atoms with Gasteiger partial charge in [-0.1, -0.05) is 43.7 Å². The van der Waals surface area contributed by atoms with Crippen molar-refractivity contribution >= 4 is 5.91 Å². The molecule has 1 atom stereocenters. The molecule has 0 aliphatic heterocycles. The van der Waals surface area contributed by atoms with Gasteiger partial charge in [-0.3, -0.25) is 9.78 Å². The third kappa shape index (κ3) is 2.36. The fourth-order valence-electron chi connectivity index (χ4n) is 2.60. The highest BCUT2D eigenvalue weighted by atomic mass is 16.1. The van der Waals surface area contributed by atoms with Gasteiger partial charge in [-0.15, -0.1) is 0 Å². The second kappa shape index (κ2) is 5.65. The minimum atomic E-state index is -0.765. The van der Waals surface area contributed by atoms with Crippen LogP contribution in [0.2, 0.25) is 0 Å². The summed E-state index contributed by atoms with van der Waals surface area (Å²) in [6, 6.07) is 13.5. The summed E-state index contributed by atoms with van der Waals surface area (Å²) in [5.41, 5.74) is 6.84. The van der Waals surface area contributed by atoms with Crippen molar-refractivity contribution in [2.24, 2.45) is 5.73 Å². The van der Waals surface area contributed by atoms with Gasteiger partial charge in [0.25, 0.3) is 0 Å². The van der Waals surface area contributed by atoms with Gasteiger partial charge in [0.1, 0.15) is 0 Å². The minimum Gasteiger partial charge on any atom is -0.369 e. The summed E-state index contributed by atoms with van der Waals surface area (Å²) in [4.78, 5) is 16.2. The molecule has 3 heteroatoms. The molecule has 0 aliphatic carbocycles. The van der Waals surface area contributed by atoms with E-state index in [4.69, 9.17) is 5.73 Å². The van der Waals surface area contributed by atoms with Crippen LogP contribution in [0.25, 0.3) is 0 Å². The predicted molar refractivity (Wildman–Crippen MR) is 75.6 cm³/mol. The lowest BCUT2D eigenvalue weighted by Gasteiger charge is -2.31. The summed E-state index contributed by atoms with van der Waals surface area (Å²) in [7, 11) is 0. The second-order valence-corrected chi connectivity index (χ2v) is 4.62. The molecule has 1 heterocycles. The molecule has 2 aromatic rings. The summed E-state index contributed by atoms with van der Waals surface area (Å²) in [6.45, 7) is 2.06. The molecular formula is C16H18N2O. The molecule has 0 saturated carbocycles. The summed E-state index contributed by atoms with van der Waals surface area (Å²) < 4.78 is 0. The molecule has 1 aromatic heterocycles. The van der Waals surface area contributed by atoms with Crippen LogP contribution < -0.4 is 5.73 Å². The quantitative estimate of drug-likeness (QED) is 0.891. The molecule has 1 amide bonds. The topological polar surface area (TPSA) is 56.0 Å². The summed E-state index contributed by atoms with van der Waals surface area (Å²) in [5.74, 6) is -0.313. The van der Waals surface area contributed by atoms with Crippen molar-refractivity contribution in [3.05, 3.63) is 66.0 Å². The molecule has 2 rings (SSSR count). The van der Waals surface area contributed by atoms with E-state index in [0.29, 0.717) is 6.42 Å². The average molecular weight is 254 g/mol. The van der Waals surface area contributed by atoms with Crippen molar-refractivity contribution in [2.45, 2.75) is 25.2 Å². The van der Waals surface area contributed by atoms with Crippen LogP contribution in [0, 0.1) is 0 Å². The van der Waals surface area contributed by atoms with E-state index >= 15 is 0 Å². The SMILES string of the molecule is CCCC(C(N)=O)(c1ccccc1)c1ccncc1. The van der Waals surface area contributed by atoms with Crippen molar-refractivity contribution < 1.29 is 4.79 Å². The Hall–Kier alpha value is -2.16. The Morgan fingerprint density at radius 2 is 1.68 bits per heavy atom. The Balaban J connectivity index is 2.65. The molecule has 0 spiro atoms. The van der Waals surface area contributed by atoms with Crippen LogP contribution in [-0.2, 0) is 10.2 Å². The Morgan fingerprint density at radius 3 is 2.21 bits per heavy atom. The van der Waals surface area contributed by atoms with E-state index in [-0.39, 0.29) is 5.91 Å². The van der Waals surface area contributed by atoms with Crippen LogP contribution in [0.5, 0.6) is 0 Å². The molecule has 0 saturated heterocycles. The highest BCUT2D eigenvalue weighted by Gasteiger charge is 2.39. The van der Waals surface area contributed by atoms with Crippen LogP contribution in [0.3, 0.4) is 0 Å². The summed E-state index contributed by atoms with van der Waals surface area (Å²) in [5, 5.41) is 0. The fraction of sp³-hybridized carbons (Fsp3) is 0.250. The van der Waals surface area contributed by atoms with Crippen molar-refractivity contribution in [2.75, 3.05) is 0 Å². The van der Waals surface area contributed by atoms with Gasteiger partial charge in [0.2, 0.25) is 5.91 Å². The van der Waals surface area contributed by atoms with Crippen LogP contribution in [0.15, 0.2) is 54.9 Å². The smallest absolute Gasteiger partial charge is 0.232 e. The molecule has 19 heavy (non-hydrogen) atoms. The molecule has 0 aliphatic rings. The summed E-state index contributed by atoms with van der Waals surface area (Å²) in [6.07, 6.45) is 4.97. The van der Waals surface area contributed by atoms with E-state index in [1.54, 1.807) is 12.4 Å². The van der Waals surface area contributed by atoms with E-state index in [1.807, 2.05) is 42.5 Å². The van der Waals surface area contributed by atoms with Crippen LogP contribution in [0.1, 0.15) is 30.9 Å². The number of rotatable bonds is 5. The maximum atomic E-state index is 12.2. The first-order chi connectivity index (χ1) is 9.21. The number of primary amides is 1. The first kappa shape index (κ1) is 13.3. The normalized spacial score (nSPS) is 13.7. The number of nitrogens with zero attached hydrogens (tertiary/aromatic N) is 1. The molecule has 2 N–H and O–H groups in total. The van der Waals surface area contributed by atoms with Gasteiger partial charge in [-0.05, 0) is 29.7 Å². The molecule has 0 radical (unpaired) electrons. The first-order valence-corrected chi connectivity index (χ1v) is 6.47. The second-order valence-electron chi connectivity index (χ2n) is 4.62. The van der Waals surface area contributed by atoms with Gasteiger partial charge >= 0.3 is 0 Å². The maximum absolute atomic E-state index is 12.2. The number of carbonyl (C=O) groups is 1. The zero-order valence-corrected chi connectivity index (χ0v) is 11.0. The monoisotopic (exact) mass is 254 g/mol. The van der Waals surface area contributed by atoms with Crippen molar-refractivity contribution in [3.8, 4) is 0 Å². The van der Waals surface area contributed by atoms with Crippen LogP contribution in [-0.4, -0.2) is 10.9 Å². The molecular weight excluding hydrogens is 236 g/mol. The van der Waals surface area contributed by atoms with E-state index in [1.165, 1.54) is 0 Å². The molecule has 98 valence electrons. The Labute approximate surface area is 113 Å². The molecule has 1 unspecified atom stereocenters. The number of aromatic nitrogens is 1. The van der Waals surface area contributed by atoms with E-state index < -0.39 is 5.41 Å². The van der Waals surface area contributed by atoms with Crippen molar-refractivity contribution in [1.29, 1.82) is 0 Å². The molecule has 0 bridgehead atoms. The van der Waals surface area contributed by atoms with Gasteiger partial charge in [-0.25, -0.2) is 0 Å². The molecule has 1 aromatic carbocycles. The zero-order chi connectivity index (χ0) is 13.7. The average Bonchev–Trinajstić information content (AvgIpc) is 2.46. The Bertz CT molecular complexity index is 498. The van der Waals surface area contributed by atoms with Gasteiger partial charge in [0.15, 0.2) is 0 Å². The van der Waals surface area contributed by atoms with Crippen LogP contribution in [0.4, 0.5) is 0 Å². The number of amides is 1. The third-order valence-electron chi connectivity index (χ3n) is 3.49. The zero-order valence-electron chi connectivity index (χ0n) is 11.0. The third-order valence-corrected chi connectivity index (χ3v) is 3.49. The largest absolute Gasteiger partial charge is 0.369 e. The highest BCUT2D eigenvalue weighted by Crippen LogP contribution is 2.36. The van der Waals surface area contributed by atoms with Crippen LogP contribution >= 0.6 is 0 Å². The molecule has 0 fully saturated rings. The Kier molecular flexibility index (Phi) is 3.95. The number of benzene rings is 1.